The summed E-state index contributed by atoms with van der Waals surface area (Å²) in [5.74, 6) is -0.809. The lowest BCUT2D eigenvalue weighted by atomic mass is 9.96. The maximum atomic E-state index is 12.0. The fraction of sp³-hybridized carbons (Fsp3) is 0.300. The van der Waals surface area contributed by atoms with E-state index < -0.39 is 17.4 Å². The second-order valence-electron chi connectivity index (χ2n) is 6.41. The zero-order valence-electron chi connectivity index (χ0n) is 14.6. The van der Waals surface area contributed by atoms with Crippen molar-refractivity contribution >= 4 is 11.8 Å². The van der Waals surface area contributed by atoms with Gasteiger partial charge in [-0.25, -0.2) is 0 Å². The minimum atomic E-state index is -1.13. The molecule has 0 radical (unpaired) electrons. The van der Waals surface area contributed by atoms with Crippen LogP contribution in [0.25, 0.3) is 0 Å². The van der Waals surface area contributed by atoms with Gasteiger partial charge in [0.05, 0.1) is 13.7 Å². The van der Waals surface area contributed by atoms with Gasteiger partial charge < -0.3 is 20.5 Å². The maximum absolute atomic E-state index is 12.0. The molecule has 3 N–H and O–H groups in total. The Kier molecular flexibility index (Phi) is 5.23. The van der Waals surface area contributed by atoms with Crippen molar-refractivity contribution in [1.29, 1.82) is 0 Å². The summed E-state index contributed by atoms with van der Waals surface area (Å²) in [5.41, 5.74) is 1.59. The minimum Gasteiger partial charge on any atom is -0.497 e. The molecule has 26 heavy (non-hydrogen) atoms. The van der Waals surface area contributed by atoms with Gasteiger partial charge >= 0.3 is 11.8 Å². The van der Waals surface area contributed by atoms with Crippen molar-refractivity contribution in [2.45, 2.75) is 25.0 Å². The molecule has 1 aliphatic rings. The predicted octanol–water partition coefficient (Wildman–Crippen LogP) is 1.26. The van der Waals surface area contributed by atoms with E-state index in [9.17, 15) is 14.7 Å². The number of hydrogen-bond acceptors (Lipinski definition) is 4. The Hall–Kier alpha value is -2.86. The van der Waals surface area contributed by atoms with Crippen molar-refractivity contribution in [3.63, 3.8) is 0 Å². The summed E-state index contributed by atoms with van der Waals surface area (Å²) < 4.78 is 5.12. The van der Waals surface area contributed by atoms with Crippen LogP contribution in [0.4, 0.5) is 0 Å². The Labute approximate surface area is 152 Å². The molecule has 2 aromatic carbocycles. The van der Waals surface area contributed by atoms with Crippen molar-refractivity contribution in [3.8, 4) is 5.75 Å². The van der Waals surface area contributed by atoms with Crippen LogP contribution >= 0.6 is 0 Å². The van der Waals surface area contributed by atoms with E-state index in [1.54, 1.807) is 19.2 Å². The number of methoxy groups -OCH3 is 1. The minimum absolute atomic E-state index is 0.00935. The first-order valence-corrected chi connectivity index (χ1v) is 8.51. The molecular weight excluding hydrogens is 332 g/mol. The fourth-order valence-corrected chi connectivity index (χ4v) is 3.20. The molecule has 1 atom stereocenters. The van der Waals surface area contributed by atoms with E-state index in [0.717, 1.165) is 23.1 Å². The summed E-state index contributed by atoms with van der Waals surface area (Å²) in [6, 6.07) is 14.8. The summed E-state index contributed by atoms with van der Waals surface area (Å²) in [5, 5.41) is 15.9. The first kappa shape index (κ1) is 17.9. The molecule has 136 valence electrons. The monoisotopic (exact) mass is 354 g/mol. The van der Waals surface area contributed by atoms with E-state index in [-0.39, 0.29) is 13.1 Å². The highest BCUT2D eigenvalue weighted by Gasteiger charge is 2.36. The van der Waals surface area contributed by atoms with E-state index in [1.807, 2.05) is 36.4 Å². The van der Waals surface area contributed by atoms with E-state index in [4.69, 9.17) is 4.74 Å². The number of nitrogens with one attached hydrogen (secondary N) is 2. The zero-order chi connectivity index (χ0) is 18.6. The lowest BCUT2D eigenvalue weighted by Crippen LogP contribution is -2.45. The molecule has 1 aliphatic carbocycles. The van der Waals surface area contributed by atoms with Gasteiger partial charge in [-0.1, -0.05) is 36.4 Å². The Morgan fingerprint density at radius 3 is 2.69 bits per heavy atom. The molecule has 2 aromatic rings. The highest BCUT2D eigenvalue weighted by atomic mass is 16.5. The number of carbonyl (C=O) groups excluding carboxylic acids is 2. The van der Waals surface area contributed by atoms with Gasteiger partial charge in [-0.05, 0) is 41.7 Å². The fourth-order valence-electron chi connectivity index (χ4n) is 3.20. The van der Waals surface area contributed by atoms with Gasteiger partial charge in [0.25, 0.3) is 0 Å². The Morgan fingerprint density at radius 2 is 1.88 bits per heavy atom. The topological polar surface area (TPSA) is 87.7 Å². The molecule has 0 aromatic heterocycles. The van der Waals surface area contributed by atoms with Gasteiger partial charge in [0.1, 0.15) is 11.4 Å². The van der Waals surface area contributed by atoms with Gasteiger partial charge in [-0.3, -0.25) is 9.59 Å². The molecule has 0 fully saturated rings. The van der Waals surface area contributed by atoms with Crippen LogP contribution in [0.1, 0.15) is 23.1 Å². The summed E-state index contributed by atoms with van der Waals surface area (Å²) in [6.45, 7) is 0.228. The zero-order valence-corrected chi connectivity index (χ0v) is 14.6. The summed E-state index contributed by atoms with van der Waals surface area (Å²) in [6.07, 6.45) is 1.28. The third-order valence-electron chi connectivity index (χ3n) is 4.66. The van der Waals surface area contributed by atoms with Crippen LogP contribution in [-0.4, -0.2) is 30.6 Å². The molecule has 0 aliphatic heterocycles. The molecule has 6 heteroatoms. The molecule has 0 bridgehead atoms. The Morgan fingerprint density at radius 1 is 1.12 bits per heavy atom. The number of rotatable bonds is 5. The van der Waals surface area contributed by atoms with E-state index in [0.29, 0.717) is 12.2 Å². The number of carbonyl (C=O) groups is 2. The van der Waals surface area contributed by atoms with Crippen molar-refractivity contribution in [1.82, 2.24) is 10.6 Å². The highest BCUT2D eigenvalue weighted by Crippen LogP contribution is 2.36. The van der Waals surface area contributed by atoms with Gasteiger partial charge in [0.15, 0.2) is 0 Å². The van der Waals surface area contributed by atoms with Crippen LogP contribution in [-0.2, 0) is 28.2 Å². The normalized spacial score (nSPS) is 18.1. The third kappa shape index (κ3) is 3.86. The summed E-state index contributed by atoms with van der Waals surface area (Å²) in [4.78, 5) is 24.0. The Balaban J connectivity index is 1.53. The molecule has 0 saturated heterocycles. The number of aryl methyl sites for hydroxylation is 1. The van der Waals surface area contributed by atoms with Gasteiger partial charge in [0, 0.05) is 6.54 Å². The standard InChI is InChI=1S/C20H22N2O4/c1-26-16-7-4-5-14(11-16)12-21-18(23)19(24)22-13-20(25)10-9-15-6-2-3-8-17(15)20/h2-8,11,25H,9-10,12-13H2,1H3,(H,21,23)(H,22,24)/t20-/m0/s1. The molecule has 0 unspecified atom stereocenters. The number of aliphatic hydroxyl groups is 1. The first-order chi connectivity index (χ1) is 12.5. The van der Waals surface area contributed by atoms with Crippen LogP contribution in [0.5, 0.6) is 5.75 Å². The van der Waals surface area contributed by atoms with Crippen molar-refractivity contribution in [2.24, 2.45) is 0 Å². The maximum Gasteiger partial charge on any atom is 0.309 e. The lowest BCUT2D eigenvalue weighted by molar-refractivity contribution is -0.140. The number of ether oxygens (including phenoxy) is 1. The largest absolute Gasteiger partial charge is 0.497 e. The molecule has 0 spiro atoms. The Bertz CT molecular complexity index is 821. The molecule has 6 nitrogen and oxygen atoms in total. The first-order valence-electron chi connectivity index (χ1n) is 8.51. The molecule has 3 rings (SSSR count). The van der Waals surface area contributed by atoms with Gasteiger partial charge in [-0.15, -0.1) is 0 Å². The molecule has 2 amide bonds. The predicted molar refractivity (Wildman–Crippen MR) is 96.5 cm³/mol. The molecule has 0 heterocycles. The number of fused-ring (bicyclic) bond motifs is 1. The number of benzene rings is 2. The average molecular weight is 354 g/mol. The van der Waals surface area contributed by atoms with E-state index >= 15 is 0 Å². The summed E-state index contributed by atoms with van der Waals surface area (Å²) in [7, 11) is 1.57. The number of hydrogen-bond donors (Lipinski definition) is 3. The quantitative estimate of drug-likeness (QED) is 0.706. The number of amides is 2. The average Bonchev–Trinajstić information content (AvgIpc) is 3.02. The third-order valence-corrected chi connectivity index (χ3v) is 4.66. The van der Waals surface area contributed by atoms with E-state index in [2.05, 4.69) is 10.6 Å². The van der Waals surface area contributed by atoms with Crippen molar-refractivity contribution in [2.75, 3.05) is 13.7 Å². The second kappa shape index (κ2) is 7.58. The van der Waals surface area contributed by atoms with Crippen LogP contribution in [0, 0.1) is 0 Å². The van der Waals surface area contributed by atoms with Crippen LogP contribution in [0.2, 0.25) is 0 Å². The van der Waals surface area contributed by atoms with Crippen molar-refractivity contribution in [3.05, 3.63) is 65.2 Å². The van der Waals surface area contributed by atoms with Gasteiger partial charge in [-0.2, -0.15) is 0 Å². The van der Waals surface area contributed by atoms with Crippen LogP contribution in [0.15, 0.2) is 48.5 Å². The van der Waals surface area contributed by atoms with Crippen LogP contribution in [0.3, 0.4) is 0 Å². The SMILES string of the molecule is COc1cccc(CNC(=O)C(=O)NC[C@@]2(O)CCc3ccccc32)c1. The molecule has 0 saturated carbocycles. The van der Waals surface area contributed by atoms with Crippen molar-refractivity contribution < 1.29 is 19.4 Å². The van der Waals surface area contributed by atoms with Crippen LogP contribution < -0.4 is 15.4 Å². The smallest absolute Gasteiger partial charge is 0.309 e. The molecular formula is C20H22N2O4. The second-order valence-corrected chi connectivity index (χ2v) is 6.41. The lowest BCUT2D eigenvalue weighted by Gasteiger charge is -2.24. The highest BCUT2D eigenvalue weighted by molar-refractivity contribution is 6.35. The van der Waals surface area contributed by atoms with Gasteiger partial charge in [0.2, 0.25) is 0 Å². The summed E-state index contributed by atoms with van der Waals surface area (Å²) >= 11 is 0. The van der Waals surface area contributed by atoms with E-state index in [1.165, 1.54) is 0 Å².